The van der Waals surface area contributed by atoms with E-state index in [0.29, 0.717) is 12.5 Å². The minimum atomic E-state index is -4.27. The summed E-state index contributed by atoms with van der Waals surface area (Å²) in [6, 6.07) is 0. The Bertz CT molecular complexity index is 335. The lowest BCUT2D eigenvalue weighted by molar-refractivity contribution is -0.174. The molecule has 0 saturated carbocycles. The monoisotopic (exact) mass is 237 g/mol. The maximum absolute atomic E-state index is 11.8. The zero-order valence-electron chi connectivity index (χ0n) is 9.14. The van der Waals surface area contributed by atoms with E-state index in [1.165, 1.54) is 0 Å². The Kier molecular flexibility index (Phi) is 4.17. The van der Waals surface area contributed by atoms with Crippen molar-refractivity contribution in [2.75, 3.05) is 25.6 Å². The second-order valence-electron chi connectivity index (χ2n) is 3.32. The van der Waals surface area contributed by atoms with Gasteiger partial charge < -0.3 is 14.6 Å². The van der Waals surface area contributed by atoms with Crippen LogP contribution in [0.3, 0.4) is 0 Å². The van der Waals surface area contributed by atoms with Crippen LogP contribution in [0.2, 0.25) is 0 Å². The van der Waals surface area contributed by atoms with Gasteiger partial charge in [-0.05, 0) is 6.92 Å². The Morgan fingerprint density at radius 3 is 2.75 bits per heavy atom. The fourth-order valence-electron chi connectivity index (χ4n) is 1.27. The number of aromatic nitrogens is 2. The smallest absolute Gasteiger partial charge is 0.370 e. The average molecular weight is 237 g/mol. The molecule has 0 aliphatic carbocycles. The molecule has 4 nitrogen and oxygen atoms in total. The molecule has 0 spiro atoms. The minimum absolute atomic E-state index is 0.00396. The van der Waals surface area contributed by atoms with Crippen molar-refractivity contribution < 1.29 is 17.9 Å². The van der Waals surface area contributed by atoms with Gasteiger partial charge in [-0.3, -0.25) is 0 Å². The summed E-state index contributed by atoms with van der Waals surface area (Å²) < 4.78 is 41.5. The maximum Gasteiger partial charge on any atom is 0.411 e. The summed E-state index contributed by atoms with van der Waals surface area (Å²) in [6.45, 7) is 0.945. The van der Waals surface area contributed by atoms with Crippen LogP contribution in [0.4, 0.5) is 19.1 Å². The van der Waals surface area contributed by atoms with Crippen molar-refractivity contribution in [2.45, 2.75) is 19.6 Å². The topological polar surface area (TPSA) is 39.1 Å². The van der Waals surface area contributed by atoms with Crippen LogP contribution in [0.1, 0.15) is 5.69 Å². The highest BCUT2D eigenvalue weighted by Gasteiger charge is 2.27. The van der Waals surface area contributed by atoms with E-state index in [4.69, 9.17) is 0 Å². The maximum atomic E-state index is 11.8. The van der Waals surface area contributed by atoms with Gasteiger partial charge in [-0.15, -0.1) is 0 Å². The molecule has 0 amide bonds. The number of rotatable bonds is 5. The quantitative estimate of drug-likeness (QED) is 0.794. The van der Waals surface area contributed by atoms with E-state index in [-0.39, 0.29) is 6.61 Å². The molecule has 1 heterocycles. The van der Waals surface area contributed by atoms with Crippen LogP contribution in [0.15, 0.2) is 6.20 Å². The molecule has 0 unspecified atom stereocenters. The van der Waals surface area contributed by atoms with Crippen LogP contribution in [0.5, 0.6) is 0 Å². The Balaban J connectivity index is 2.37. The summed E-state index contributed by atoms with van der Waals surface area (Å²) in [4.78, 5) is 4.13. The summed E-state index contributed by atoms with van der Waals surface area (Å²) in [7, 11) is 1.70. The number of alkyl halides is 3. The standard InChI is InChI=1S/C9H14F3N3O/c1-7-5-15(8(13-2)14-7)3-4-16-6-9(10,11)12/h5H,3-4,6H2,1-2H3,(H,13,14). The Hall–Kier alpha value is -1.24. The molecule has 0 aliphatic heterocycles. The highest BCUT2D eigenvalue weighted by molar-refractivity contribution is 5.27. The van der Waals surface area contributed by atoms with E-state index in [0.717, 1.165) is 5.69 Å². The lowest BCUT2D eigenvalue weighted by Crippen LogP contribution is -2.19. The van der Waals surface area contributed by atoms with Crippen LogP contribution in [-0.2, 0) is 11.3 Å². The number of halogens is 3. The van der Waals surface area contributed by atoms with Crippen molar-refractivity contribution in [2.24, 2.45) is 0 Å². The van der Waals surface area contributed by atoms with Crippen LogP contribution in [0.25, 0.3) is 0 Å². The van der Waals surface area contributed by atoms with E-state index >= 15 is 0 Å². The van der Waals surface area contributed by atoms with Crippen molar-refractivity contribution in [1.82, 2.24) is 9.55 Å². The molecule has 0 saturated heterocycles. The summed E-state index contributed by atoms with van der Waals surface area (Å²) in [5.74, 6) is 0.619. The van der Waals surface area contributed by atoms with Gasteiger partial charge in [-0.1, -0.05) is 0 Å². The molecule has 0 radical (unpaired) electrons. The van der Waals surface area contributed by atoms with Crippen molar-refractivity contribution >= 4 is 5.95 Å². The zero-order chi connectivity index (χ0) is 12.2. The number of hydrogen-bond donors (Lipinski definition) is 1. The van der Waals surface area contributed by atoms with Gasteiger partial charge in [-0.25, -0.2) is 4.98 Å². The van der Waals surface area contributed by atoms with Crippen LogP contribution >= 0.6 is 0 Å². The normalized spacial score (nSPS) is 11.8. The predicted molar refractivity (Wildman–Crippen MR) is 53.4 cm³/mol. The molecule has 0 aliphatic rings. The molecular weight excluding hydrogens is 223 g/mol. The molecule has 0 fully saturated rings. The van der Waals surface area contributed by atoms with Gasteiger partial charge in [0.2, 0.25) is 5.95 Å². The van der Waals surface area contributed by atoms with E-state index in [2.05, 4.69) is 15.0 Å². The molecule has 92 valence electrons. The third kappa shape index (κ3) is 4.09. The first kappa shape index (κ1) is 12.8. The fourth-order valence-corrected chi connectivity index (χ4v) is 1.27. The van der Waals surface area contributed by atoms with Gasteiger partial charge in [-0.2, -0.15) is 13.2 Å². The number of aryl methyl sites for hydroxylation is 1. The van der Waals surface area contributed by atoms with Crippen molar-refractivity contribution in [3.63, 3.8) is 0 Å². The van der Waals surface area contributed by atoms with E-state index in [1.807, 2.05) is 6.92 Å². The van der Waals surface area contributed by atoms with Crippen LogP contribution < -0.4 is 5.32 Å². The molecule has 0 aromatic carbocycles. The molecule has 1 rings (SSSR count). The number of nitrogens with one attached hydrogen (secondary N) is 1. The van der Waals surface area contributed by atoms with Gasteiger partial charge in [0.05, 0.1) is 12.3 Å². The molecule has 1 aromatic rings. The molecule has 1 aromatic heterocycles. The third-order valence-electron chi connectivity index (χ3n) is 1.86. The van der Waals surface area contributed by atoms with E-state index < -0.39 is 12.8 Å². The summed E-state index contributed by atoms with van der Waals surface area (Å²) >= 11 is 0. The summed E-state index contributed by atoms with van der Waals surface area (Å²) in [6.07, 6.45) is -2.51. The van der Waals surface area contributed by atoms with Gasteiger partial charge in [0.25, 0.3) is 0 Å². The minimum Gasteiger partial charge on any atom is -0.370 e. The highest BCUT2D eigenvalue weighted by Crippen LogP contribution is 2.14. The lowest BCUT2D eigenvalue weighted by atomic mass is 10.5. The summed E-state index contributed by atoms with van der Waals surface area (Å²) in [5.41, 5.74) is 0.806. The van der Waals surface area contributed by atoms with Crippen LogP contribution in [-0.4, -0.2) is 36.0 Å². The first-order valence-corrected chi connectivity index (χ1v) is 4.78. The second kappa shape index (κ2) is 5.20. The largest absolute Gasteiger partial charge is 0.411 e. The number of nitrogens with zero attached hydrogens (tertiary/aromatic N) is 2. The number of ether oxygens (including phenoxy) is 1. The average Bonchev–Trinajstić information content (AvgIpc) is 2.52. The van der Waals surface area contributed by atoms with Gasteiger partial charge >= 0.3 is 6.18 Å². The molecule has 0 bridgehead atoms. The zero-order valence-corrected chi connectivity index (χ0v) is 9.14. The third-order valence-corrected chi connectivity index (χ3v) is 1.86. The molecular formula is C9H14F3N3O. The van der Waals surface area contributed by atoms with E-state index in [1.54, 1.807) is 17.8 Å². The number of hydrogen-bond acceptors (Lipinski definition) is 3. The Morgan fingerprint density at radius 1 is 1.50 bits per heavy atom. The number of imidazole rings is 1. The second-order valence-corrected chi connectivity index (χ2v) is 3.32. The molecule has 16 heavy (non-hydrogen) atoms. The van der Waals surface area contributed by atoms with Gasteiger partial charge in [0.15, 0.2) is 0 Å². The number of anilines is 1. The van der Waals surface area contributed by atoms with Gasteiger partial charge in [0, 0.05) is 19.8 Å². The lowest BCUT2D eigenvalue weighted by Gasteiger charge is -2.09. The van der Waals surface area contributed by atoms with E-state index in [9.17, 15) is 13.2 Å². The first-order chi connectivity index (χ1) is 7.42. The fraction of sp³-hybridized carbons (Fsp3) is 0.667. The Morgan fingerprint density at radius 2 is 2.19 bits per heavy atom. The van der Waals surface area contributed by atoms with Crippen LogP contribution in [0, 0.1) is 6.92 Å². The Labute approximate surface area is 91.4 Å². The predicted octanol–water partition coefficient (Wildman–Crippen LogP) is 1.81. The highest BCUT2D eigenvalue weighted by atomic mass is 19.4. The van der Waals surface area contributed by atoms with Crippen molar-refractivity contribution in [1.29, 1.82) is 0 Å². The molecule has 7 heteroatoms. The molecule has 0 atom stereocenters. The summed E-state index contributed by atoms with van der Waals surface area (Å²) in [5, 5.41) is 2.85. The van der Waals surface area contributed by atoms with Gasteiger partial charge in [0.1, 0.15) is 6.61 Å². The van der Waals surface area contributed by atoms with Crippen molar-refractivity contribution in [3.8, 4) is 0 Å². The van der Waals surface area contributed by atoms with Crippen molar-refractivity contribution in [3.05, 3.63) is 11.9 Å². The SMILES string of the molecule is CNc1nc(C)cn1CCOCC(F)(F)F. The first-order valence-electron chi connectivity index (χ1n) is 4.78. The molecule has 1 N–H and O–H groups in total.